The van der Waals surface area contributed by atoms with Crippen molar-refractivity contribution in [3.63, 3.8) is 0 Å². The Bertz CT molecular complexity index is 3210. The number of benzene rings is 10. The molecule has 1 heterocycles. The van der Waals surface area contributed by atoms with Crippen LogP contribution in [0.3, 0.4) is 0 Å². The van der Waals surface area contributed by atoms with Gasteiger partial charge in [0, 0.05) is 37.1 Å². The zero-order valence-electron chi connectivity index (χ0n) is 29.4. The molecule has 0 unspecified atom stereocenters. The molecule has 11 rings (SSSR count). The Morgan fingerprint density at radius 1 is 0.333 bits per heavy atom. The SMILES string of the molecule is c1ccc(-c2ccccc2N(c2ccc(-c3cccc4c3ccc3ccc5ccccc5c34)cc2)c2ccc3sc4c5ccccc5ccc4c3c2)cc1. The first-order valence-electron chi connectivity index (χ1n) is 18.5. The lowest BCUT2D eigenvalue weighted by Crippen LogP contribution is -2.11. The van der Waals surface area contributed by atoms with Crippen LogP contribution in [0.5, 0.6) is 0 Å². The molecule has 0 bridgehead atoms. The van der Waals surface area contributed by atoms with Crippen molar-refractivity contribution in [2.75, 3.05) is 4.90 Å². The van der Waals surface area contributed by atoms with E-state index in [1.807, 2.05) is 11.3 Å². The first-order valence-corrected chi connectivity index (χ1v) is 19.3. The van der Waals surface area contributed by atoms with Gasteiger partial charge < -0.3 is 4.90 Å². The van der Waals surface area contributed by atoms with Crippen LogP contribution < -0.4 is 4.90 Å². The quantitative estimate of drug-likeness (QED) is 0.161. The third-order valence-corrected chi connectivity index (χ3v) is 12.3. The van der Waals surface area contributed by atoms with Gasteiger partial charge in [0.05, 0.1) is 5.69 Å². The fraction of sp³-hybridized carbons (Fsp3) is 0. The van der Waals surface area contributed by atoms with E-state index in [9.17, 15) is 0 Å². The third-order valence-electron chi connectivity index (χ3n) is 11.0. The molecule has 1 nitrogen and oxygen atoms in total. The highest BCUT2D eigenvalue weighted by molar-refractivity contribution is 7.26. The molecule has 0 aliphatic carbocycles. The van der Waals surface area contributed by atoms with Crippen LogP contribution in [0.4, 0.5) is 17.1 Å². The largest absolute Gasteiger partial charge is 0.310 e. The van der Waals surface area contributed by atoms with E-state index in [1.54, 1.807) is 0 Å². The van der Waals surface area contributed by atoms with E-state index in [2.05, 4.69) is 205 Å². The maximum Gasteiger partial charge on any atom is 0.0540 e. The first-order chi connectivity index (χ1) is 26.8. The van der Waals surface area contributed by atoms with Gasteiger partial charge in [-0.05, 0) is 96.2 Å². The maximum atomic E-state index is 2.43. The van der Waals surface area contributed by atoms with Crippen LogP contribution in [-0.4, -0.2) is 0 Å². The normalized spacial score (nSPS) is 11.7. The van der Waals surface area contributed by atoms with E-state index in [0.717, 1.165) is 17.1 Å². The highest BCUT2D eigenvalue weighted by atomic mass is 32.1. The molecule has 252 valence electrons. The summed E-state index contributed by atoms with van der Waals surface area (Å²) in [7, 11) is 0. The van der Waals surface area contributed by atoms with Gasteiger partial charge in [0.1, 0.15) is 0 Å². The van der Waals surface area contributed by atoms with Crippen molar-refractivity contribution >= 4 is 91.7 Å². The highest BCUT2D eigenvalue weighted by Crippen LogP contribution is 2.45. The predicted molar refractivity (Wildman–Crippen MR) is 235 cm³/mol. The van der Waals surface area contributed by atoms with E-state index in [1.165, 1.54) is 85.5 Å². The summed E-state index contributed by atoms with van der Waals surface area (Å²) < 4.78 is 2.64. The Hall–Kier alpha value is -6.74. The summed E-state index contributed by atoms with van der Waals surface area (Å²) in [6, 6.07) is 73.4. The lowest BCUT2D eigenvalue weighted by atomic mass is 9.92. The van der Waals surface area contributed by atoms with Crippen LogP contribution in [0, 0.1) is 0 Å². The number of hydrogen-bond donors (Lipinski definition) is 0. The van der Waals surface area contributed by atoms with Crippen LogP contribution in [0.1, 0.15) is 0 Å². The summed E-state index contributed by atoms with van der Waals surface area (Å²) in [5.74, 6) is 0. The molecule has 0 atom stereocenters. The van der Waals surface area contributed by atoms with E-state index in [-0.39, 0.29) is 0 Å². The molecule has 0 amide bonds. The van der Waals surface area contributed by atoms with Gasteiger partial charge in [0.25, 0.3) is 0 Å². The van der Waals surface area contributed by atoms with Crippen LogP contribution in [0.15, 0.2) is 200 Å². The number of anilines is 3. The summed E-state index contributed by atoms with van der Waals surface area (Å²) in [5.41, 5.74) is 8.22. The molecule has 1 aromatic heterocycles. The lowest BCUT2D eigenvalue weighted by Gasteiger charge is -2.28. The number of thiophene rings is 1. The summed E-state index contributed by atoms with van der Waals surface area (Å²) in [6.45, 7) is 0. The average Bonchev–Trinajstić information content (AvgIpc) is 3.63. The Morgan fingerprint density at radius 3 is 1.81 bits per heavy atom. The summed E-state index contributed by atoms with van der Waals surface area (Å²) in [5, 5.41) is 12.9. The minimum Gasteiger partial charge on any atom is -0.310 e. The molecule has 0 N–H and O–H groups in total. The van der Waals surface area contributed by atoms with Crippen molar-refractivity contribution in [3.05, 3.63) is 200 Å². The maximum absolute atomic E-state index is 2.43. The molecule has 0 fully saturated rings. The molecule has 0 radical (unpaired) electrons. The minimum absolute atomic E-state index is 1.11. The van der Waals surface area contributed by atoms with Gasteiger partial charge in [0.15, 0.2) is 0 Å². The predicted octanol–water partition coefficient (Wildman–Crippen LogP) is 15.5. The Kier molecular flexibility index (Phi) is 7.11. The number of hydrogen-bond acceptors (Lipinski definition) is 2. The van der Waals surface area contributed by atoms with E-state index >= 15 is 0 Å². The fourth-order valence-electron chi connectivity index (χ4n) is 8.49. The Balaban J connectivity index is 1.09. The third kappa shape index (κ3) is 4.92. The molecule has 11 aromatic rings. The monoisotopic (exact) mass is 703 g/mol. The second-order valence-corrected chi connectivity index (χ2v) is 15.1. The minimum atomic E-state index is 1.11. The molecule has 0 spiro atoms. The van der Waals surface area contributed by atoms with Gasteiger partial charge in [-0.15, -0.1) is 11.3 Å². The molecule has 10 aromatic carbocycles. The van der Waals surface area contributed by atoms with Crippen molar-refractivity contribution in [1.82, 2.24) is 0 Å². The second-order valence-electron chi connectivity index (χ2n) is 14.1. The van der Waals surface area contributed by atoms with Crippen molar-refractivity contribution in [2.45, 2.75) is 0 Å². The van der Waals surface area contributed by atoms with Crippen molar-refractivity contribution in [2.24, 2.45) is 0 Å². The van der Waals surface area contributed by atoms with E-state index in [4.69, 9.17) is 0 Å². The molecule has 54 heavy (non-hydrogen) atoms. The first kappa shape index (κ1) is 30.8. The van der Waals surface area contributed by atoms with Gasteiger partial charge in [0.2, 0.25) is 0 Å². The zero-order chi connectivity index (χ0) is 35.6. The molecule has 2 heteroatoms. The van der Waals surface area contributed by atoms with Crippen molar-refractivity contribution in [1.29, 1.82) is 0 Å². The summed E-state index contributed by atoms with van der Waals surface area (Å²) >= 11 is 1.89. The molecule has 0 aliphatic heterocycles. The van der Waals surface area contributed by atoms with Gasteiger partial charge in [-0.1, -0.05) is 164 Å². The highest BCUT2D eigenvalue weighted by Gasteiger charge is 2.19. The zero-order valence-corrected chi connectivity index (χ0v) is 30.2. The van der Waals surface area contributed by atoms with E-state index < -0.39 is 0 Å². The smallest absolute Gasteiger partial charge is 0.0540 e. The molecule has 0 saturated heterocycles. The average molecular weight is 704 g/mol. The van der Waals surface area contributed by atoms with Crippen LogP contribution in [0.25, 0.3) is 85.5 Å². The molecule has 0 aliphatic rings. The lowest BCUT2D eigenvalue weighted by molar-refractivity contribution is 1.29. The Morgan fingerprint density at radius 2 is 0.944 bits per heavy atom. The molecular formula is C52H33NS. The summed E-state index contributed by atoms with van der Waals surface area (Å²) in [6.07, 6.45) is 0. The van der Waals surface area contributed by atoms with E-state index in [0.29, 0.717) is 0 Å². The van der Waals surface area contributed by atoms with Crippen LogP contribution in [0.2, 0.25) is 0 Å². The summed E-state index contributed by atoms with van der Waals surface area (Å²) in [4.78, 5) is 2.43. The van der Waals surface area contributed by atoms with Gasteiger partial charge in [-0.3, -0.25) is 0 Å². The number of para-hydroxylation sites is 1. The molecule has 0 saturated carbocycles. The fourth-order valence-corrected chi connectivity index (χ4v) is 9.71. The number of fused-ring (bicyclic) bond motifs is 10. The standard InChI is InChI=1S/C52H33NS/c1-2-11-34(12-3-1)42-15-8-9-20-49(42)53(40-29-32-50-48(33-40)47-31-25-36-14-5-7-17-44(36)52(47)54-50)39-27-23-37(24-28-39)41-18-10-19-46-45(41)30-26-38-22-21-35-13-4-6-16-43(35)51(38)46/h1-33H. The van der Waals surface area contributed by atoms with Crippen LogP contribution >= 0.6 is 11.3 Å². The van der Waals surface area contributed by atoms with Crippen molar-refractivity contribution < 1.29 is 0 Å². The van der Waals surface area contributed by atoms with Crippen molar-refractivity contribution in [3.8, 4) is 22.3 Å². The van der Waals surface area contributed by atoms with Gasteiger partial charge in [-0.25, -0.2) is 0 Å². The second kappa shape index (κ2) is 12.4. The topological polar surface area (TPSA) is 3.24 Å². The number of nitrogens with zero attached hydrogens (tertiary/aromatic N) is 1. The number of rotatable bonds is 5. The molecular weight excluding hydrogens is 671 g/mol. The van der Waals surface area contributed by atoms with Crippen LogP contribution in [-0.2, 0) is 0 Å². The van der Waals surface area contributed by atoms with Gasteiger partial charge >= 0.3 is 0 Å². The van der Waals surface area contributed by atoms with Gasteiger partial charge in [-0.2, -0.15) is 0 Å². The Labute approximate surface area is 317 Å².